The van der Waals surface area contributed by atoms with Gasteiger partial charge >= 0.3 is 6.36 Å². The molecule has 1 rings (SSSR count). The van der Waals surface area contributed by atoms with Crippen LogP contribution in [0.1, 0.15) is 56.5 Å². The monoisotopic (exact) mass is 261 g/mol. The van der Waals surface area contributed by atoms with Crippen LogP contribution < -0.4 is 4.74 Å². The van der Waals surface area contributed by atoms with E-state index in [0.29, 0.717) is 0 Å². The second kappa shape index (κ2) is 5.16. The molecule has 0 amide bonds. The van der Waals surface area contributed by atoms with E-state index in [9.17, 15) is 13.2 Å². The Morgan fingerprint density at radius 3 is 2.06 bits per heavy atom. The number of pyridine rings is 1. The van der Waals surface area contributed by atoms with Crippen LogP contribution in [0.4, 0.5) is 13.2 Å². The first kappa shape index (κ1) is 14.8. The molecule has 1 aromatic rings. The molecular weight excluding hydrogens is 243 g/mol. The molecule has 0 aliphatic rings. The standard InChI is InChI=1S/C13H18F3NO/c1-7(2)10-6-11(18-13(14,15)16)9(5)17-12(10)8(3)4/h6-8H,1-5H3. The molecule has 0 fully saturated rings. The van der Waals surface area contributed by atoms with E-state index >= 15 is 0 Å². The molecule has 18 heavy (non-hydrogen) atoms. The molecule has 0 aliphatic carbocycles. The lowest BCUT2D eigenvalue weighted by atomic mass is 9.95. The average Bonchev–Trinajstić information content (AvgIpc) is 2.17. The highest BCUT2D eigenvalue weighted by Gasteiger charge is 2.32. The third-order valence-corrected chi connectivity index (χ3v) is 2.62. The summed E-state index contributed by atoms with van der Waals surface area (Å²) in [6.45, 7) is 9.32. The van der Waals surface area contributed by atoms with Crippen LogP contribution >= 0.6 is 0 Å². The lowest BCUT2D eigenvalue weighted by Gasteiger charge is -2.19. The predicted octanol–water partition coefficient (Wildman–Crippen LogP) is 4.54. The number of hydrogen-bond acceptors (Lipinski definition) is 2. The fraction of sp³-hybridized carbons (Fsp3) is 0.615. The first-order chi connectivity index (χ1) is 8.11. The van der Waals surface area contributed by atoms with Crippen molar-refractivity contribution in [2.24, 2.45) is 0 Å². The highest BCUT2D eigenvalue weighted by molar-refractivity contribution is 5.38. The molecule has 0 N–H and O–H groups in total. The van der Waals surface area contributed by atoms with E-state index in [1.54, 1.807) is 0 Å². The molecule has 0 saturated carbocycles. The van der Waals surface area contributed by atoms with Crippen molar-refractivity contribution in [2.75, 3.05) is 0 Å². The Bertz CT molecular complexity index is 425. The van der Waals surface area contributed by atoms with E-state index in [0.717, 1.165) is 11.3 Å². The number of ether oxygens (including phenoxy) is 1. The van der Waals surface area contributed by atoms with Crippen LogP contribution in [0.2, 0.25) is 0 Å². The van der Waals surface area contributed by atoms with Gasteiger partial charge in [-0.05, 0) is 30.4 Å². The normalized spacial score (nSPS) is 12.3. The largest absolute Gasteiger partial charge is 0.573 e. The van der Waals surface area contributed by atoms with E-state index < -0.39 is 6.36 Å². The highest BCUT2D eigenvalue weighted by Crippen LogP contribution is 2.32. The molecule has 0 bridgehead atoms. The summed E-state index contributed by atoms with van der Waals surface area (Å²) in [5.74, 6) is 0.0581. The van der Waals surface area contributed by atoms with Crippen LogP contribution in [-0.2, 0) is 0 Å². The molecule has 5 heteroatoms. The predicted molar refractivity (Wildman–Crippen MR) is 63.8 cm³/mol. The molecule has 0 aliphatic heterocycles. The summed E-state index contributed by atoms with van der Waals surface area (Å²) in [7, 11) is 0. The number of hydrogen-bond donors (Lipinski definition) is 0. The van der Waals surface area contributed by atoms with Crippen molar-refractivity contribution in [1.82, 2.24) is 4.98 Å². The summed E-state index contributed by atoms with van der Waals surface area (Å²) >= 11 is 0. The topological polar surface area (TPSA) is 22.1 Å². The second-order valence-electron chi connectivity index (χ2n) is 4.90. The van der Waals surface area contributed by atoms with Gasteiger partial charge in [-0.2, -0.15) is 0 Å². The molecule has 1 heterocycles. The summed E-state index contributed by atoms with van der Waals surface area (Å²) < 4.78 is 40.8. The molecule has 0 saturated heterocycles. The minimum Gasteiger partial charge on any atom is -0.404 e. The van der Waals surface area contributed by atoms with Crippen LogP contribution in [0, 0.1) is 6.92 Å². The van der Waals surface area contributed by atoms with E-state index in [2.05, 4.69) is 9.72 Å². The van der Waals surface area contributed by atoms with E-state index in [-0.39, 0.29) is 23.3 Å². The zero-order valence-corrected chi connectivity index (χ0v) is 11.2. The molecule has 0 aromatic carbocycles. The molecule has 1 aromatic heterocycles. The summed E-state index contributed by atoms with van der Waals surface area (Å²) in [6, 6.07) is 1.45. The number of aromatic nitrogens is 1. The average molecular weight is 261 g/mol. The van der Waals surface area contributed by atoms with Crippen LogP contribution in [0.25, 0.3) is 0 Å². The van der Waals surface area contributed by atoms with Crippen LogP contribution in [0.15, 0.2) is 6.07 Å². The summed E-state index contributed by atoms with van der Waals surface area (Å²) in [4.78, 5) is 4.25. The Labute approximate surface area is 105 Å². The highest BCUT2D eigenvalue weighted by atomic mass is 19.4. The maximum absolute atomic E-state index is 12.3. The first-order valence-electron chi connectivity index (χ1n) is 5.89. The molecule has 0 unspecified atom stereocenters. The summed E-state index contributed by atoms with van der Waals surface area (Å²) in [5, 5.41) is 0. The Kier molecular flexibility index (Phi) is 4.24. The third-order valence-electron chi connectivity index (χ3n) is 2.62. The lowest BCUT2D eigenvalue weighted by molar-refractivity contribution is -0.275. The maximum atomic E-state index is 12.3. The van der Waals surface area contributed by atoms with Gasteiger partial charge in [-0.1, -0.05) is 27.7 Å². The SMILES string of the molecule is Cc1nc(C(C)C)c(C(C)C)cc1OC(F)(F)F. The summed E-state index contributed by atoms with van der Waals surface area (Å²) in [5.41, 5.74) is 1.90. The quantitative estimate of drug-likeness (QED) is 0.797. The van der Waals surface area contributed by atoms with Crippen molar-refractivity contribution in [3.63, 3.8) is 0 Å². The molecule has 0 spiro atoms. The van der Waals surface area contributed by atoms with E-state index in [4.69, 9.17) is 0 Å². The van der Waals surface area contributed by atoms with Gasteiger partial charge in [0.2, 0.25) is 0 Å². The second-order valence-corrected chi connectivity index (χ2v) is 4.90. The molecule has 2 nitrogen and oxygen atoms in total. The van der Waals surface area contributed by atoms with Gasteiger partial charge in [0.1, 0.15) is 0 Å². The Hall–Kier alpha value is -1.26. The Balaban J connectivity index is 3.27. The number of halogens is 3. The smallest absolute Gasteiger partial charge is 0.404 e. The fourth-order valence-corrected chi connectivity index (χ4v) is 1.77. The van der Waals surface area contributed by atoms with Gasteiger partial charge in [0.15, 0.2) is 5.75 Å². The van der Waals surface area contributed by atoms with Crippen molar-refractivity contribution in [1.29, 1.82) is 0 Å². The van der Waals surface area contributed by atoms with Crippen LogP contribution in [0.3, 0.4) is 0 Å². The zero-order chi connectivity index (χ0) is 14.1. The first-order valence-corrected chi connectivity index (χ1v) is 5.89. The molecule has 102 valence electrons. The number of alkyl halides is 3. The number of aryl methyl sites for hydroxylation is 1. The van der Waals surface area contributed by atoms with Gasteiger partial charge in [-0.3, -0.25) is 4.98 Å². The molecule has 0 radical (unpaired) electrons. The zero-order valence-electron chi connectivity index (χ0n) is 11.2. The van der Waals surface area contributed by atoms with Crippen molar-refractivity contribution in [3.05, 3.63) is 23.0 Å². The van der Waals surface area contributed by atoms with Crippen molar-refractivity contribution < 1.29 is 17.9 Å². The van der Waals surface area contributed by atoms with Crippen molar-refractivity contribution in [2.45, 2.75) is 52.8 Å². The number of rotatable bonds is 3. The van der Waals surface area contributed by atoms with Gasteiger partial charge < -0.3 is 4.74 Å². The van der Waals surface area contributed by atoms with E-state index in [1.807, 2.05) is 27.7 Å². The van der Waals surface area contributed by atoms with Crippen molar-refractivity contribution in [3.8, 4) is 5.75 Å². The van der Waals surface area contributed by atoms with Gasteiger partial charge in [0.25, 0.3) is 0 Å². The third kappa shape index (κ3) is 3.62. The van der Waals surface area contributed by atoms with Crippen molar-refractivity contribution >= 4 is 0 Å². The van der Waals surface area contributed by atoms with Gasteiger partial charge in [-0.25, -0.2) is 0 Å². The Morgan fingerprint density at radius 1 is 1.11 bits per heavy atom. The fourth-order valence-electron chi connectivity index (χ4n) is 1.77. The minimum absolute atomic E-state index is 0.103. The van der Waals surface area contributed by atoms with Crippen LogP contribution in [0.5, 0.6) is 5.75 Å². The van der Waals surface area contributed by atoms with E-state index in [1.165, 1.54) is 13.0 Å². The van der Waals surface area contributed by atoms with Gasteiger partial charge in [-0.15, -0.1) is 13.2 Å². The number of nitrogens with zero attached hydrogens (tertiary/aromatic N) is 1. The molecular formula is C13H18F3NO. The van der Waals surface area contributed by atoms with Crippen LogP contribution in [-0.4, -0.2) is 11.3 Å². The maximum Gasteiger partial charge on any atom is 0.573 e. The van der Waals surface area contributed by atoms with Gasteiger partial charge in [0, 0.05) is 5.69 Å². The van der Waals surface area contributed by atoms with Gasteiger partial charge in [0.05, 0.1) is 5.69 Å². The molecule has 0 atom stereocenters. The lowest BCUT2D eigenvalue weighted by Crippen LogP contribution is -2.19. The minimum atomic E-state index is -4.68. The summed E-state index contributed by atoms with van der Waals surface area (Å²) in [6.07, 6.45) is -4.68. The Morgan fingerprint density at radius 2 is 1.67 bits per heavy atom.